The zero-order valence-corrected chi connectivity index (χ0v) is 12.7. The molecule has 0 aliphatic carbocycles. The van der Waals surface area contributed by atoms with E-state index in [0.717, 1.165) is 13.4 Å². The minimum Gasteiger partial charge on any atom is -0.258 e. The number of benzene rings is 2. The highest BCUT2D eigenvalue weighted by molar-refractivity contribution is 14.1. The molecule has 0 aliphatic heterocycles. The number of nitro benzene ring substituents is 1. The number of hydrogen-bond donors (Lipinski definition) is 0. The molecule has 2 aromatic rings. The summed E-state index contributed by atoms with van der Waals surface area (Å²) in [4.78, 5) is 12.2. The van der Waals surface area contributed by atoms with E-state index in [9.17, 15) is 10.1 Å². The van der Waals surface area contributed by atoms with E-state index in [1.54, 1.807) is 23.9 Å². The Morgan fingerprint density at radius 1 is 1.17 bits per heavy atom. The van der Waals surface area contributed by atoms with E-state index in [0.29, 0.717) is 5.02 Å². The van der Waals surface area contributed by atoms with Crippen molar-refractivity contribution in [2.75, 3.05) is 0 Å². The highest BCUT2D eigenvalue weighted by Crippen LogP contribution is 2.33. The van der Waals surface area contributed by atoms with Gasteiger partial charge in [-0.3, -0.25) is 10.1 Å². The normalized spacial score (nSPS) is 10.3. The summed E-state index contributed by atoms with van der Waals surface area (Å²) in [6.07, 6.45) is 0. The summed E-state index contributed by atoms with van der Waals surface area (Å²) < 4.78 is 1.06. The first-order valence-electron chi connectivity index (χ1n) is 4.93. The summed E-state index contributed by atoms with van der Waals surface area (Å²) in [5.41, 5.74) is 0.102. The Balaban J connectivity index is 2.21. The van der Waals surface area contributed by atoms with Crippen LogP contribution in [0.5, 0.6) is 0 Å². The third-order valence-corrected chi connectivity index (χ3v) is 4.75. The summed E-state index contributed by atoms with van der Waals surface area (Å²) in [7, 11) is 0. The Kier molecular flexibility index (Phi) is 4.47. The Labute approximate surface area is 127 Å². The topological polar surface area (TPSA) is 43.1 Å². The second kappa shape index (κ2) is 5.90. The van der Waals surface area contributed by atoms with Crippen LogP contribution < -0.4 is 0 Å². The maximum absolute atomic E-state index is 10.5. The van der Waals surface area contributed by atoms with Crippen LogP contribution in [0, 0.1) is 13.7 Å². The quantitative estimate of drug-likeness (QED) is 0.420. The zero-order chi connectivity index (χ0) is 13.1. The van der Waals surface area contributed by atoms with Crippen LogP contribution >= 0.6 is 46.0 Å². The molecule has 2 aromatic carbocycles. The first-order chi connectivity index (χ1) is 8.56. The summed E-state index contributed by atoms with van der Waals surface area (Å²) in [5.74, 6) is 0. The second-order valence-corrected chi connectivity index (χ2v) is 6.14. The van der Waals surface area contributed by atoms with Crippen molar-refractivity contribution in [1.82, 2.24) is 0 Å². The molecule has 2 rings (SSSR count). The lowest BCUT2D eigenvalue weighted by molar-refractivity contribution is -0.384. The van der Waals surface area contributed by atoms with Crippen molar-refractivity contribution in [3.8, 4) is 0 Å². The summed E-state index contributed by atoms with van der Waals surface area (Å²) in [6, 6.07) is 12.2. The van der Waals surface area contributed by atoms with Gasteiger partial charge in [0.05, 0.1) is 4.92 Å². The molecule has 6 heteroatoms. The van der Waals surface area contributed by atoms with Crippen molar-refractivity contribution in [2.24, 2.45) is 0 Å². The van der Waals surface area contributed by atoms with Gasteiger partial charge in [0.2, 0.25) is 0 Å². The van der Waals surface area contributed by atoms with E-state index in [-0.39, 0.29) is 5.69 Å². The summed E-state index contributed by atoms with van der Waals surface area (Å²) >= 11 is 9.66. The predicted molar refractivity (Wildman–Crippen MR) is 81.4 cm³/mol. The second-order valence-electron chi connectivity index (χ2n) is 3.43. The van der Waals surface area contributed by atoms with Crippen LogP contribution in [0.25, 0.3) is 0 Å². The number of nitrogens with zero attached hydrogens (tertiary/aromatic N) is 1. The van der Waals surface area contributed by atoms with Gasteiger partial charge in [-0.05, 0) is 52.9 Å². The molecule has 0 saturated heterocycles. The molecule has 0 saturated carbocycles. The van der Waals surface area contributed by atoms with E-state index >= 15 is 0 Å². The van der Waals surface area contributed by atoms with Gasteiger partial charge in [0.15, 0.2) is 0 Å². The Bertz CT molecular complexity index is 589. The van der Waals surface area contributed by atoms with Gasteiger partial charge in [-0.15, -0.1) is 0 Å². The fourth-order valence-corrected chi connectivity index (χ4v) is 3.34. The fraction of sp³-hybridized carbons (Fsp3) is 0. The molecule has 0 aliphatic rings. The number of hydrogen-bond acceptors (Lipinski definition) is 3. The average Bonchev–Trinajstić information content (AvgIpc) is 2.33. The van der Waals surface area contributed by atoms with Crippen molar-refractivity contribution in [3.05, 3.63) is 61.2 Å². The maximum atomic E-state index is 10.5. The van der Waals surface area contributed by atoms with E-state index in [1.807, 2.05) is 18.2 Å². The van der Waals surface area contributed by atoms with Crippen LogP contribution in [0.15, 0.2) is 52.3 Å². The van der Waals surface area contributed by atoms with Crippen molar-refractivity contribution in [1.29, 1.82) is 0 Å². The molecule has 0 N–H and O–H groups in total. The molecule has 0 fully saturated rings. The third kappa shape index (κ3) is 3.37. The SMILES string of the molecule is O=[N+]([O-])c1ccc(Sc2ccc(Cl)cc2I)cc1. The highest BCUT2D eigenvalue weighted by Gasteiger charge is 2.06. The van der Waals surface area contributed by atoms with Gasteiger partial charge in [-0.1, -0.05) is 23.4 Å². The van der Waals surface area contributed by atoms with Gasteiger partial charge >= 0.3 is 0 Å². The minimum absolute atomic E-state index is 0.102. The molecule has 0 heterocycles. The van der Waals surface area contributed by atoms with E-state index < -0.39 is 4.92 Å². The Hall–Kier alpha value is -0.790. The summed E-state index contributed by atoms with van der Waals surface area (Å²) in [5, 5.41) is 11.2. The lowest BCUT2D eigenvalue weighted by atomic mass is 10.3. The Morgan fingerprint density at radius 3 is 2.39 bits per heavy atom. The number of rotatable bonds is 3. The van der Waals surface area contributed by atoms with E-state index in [2.05, 4.69) is 22.6 Å². The van der Waals surface area contributed by atoms with Gasteiger partial charge in [0, 0.05) is 30.5 Å². The molecule has 0 spiro atoms. The summed E-state index contributed by atoms with van der Waals surface area (Å²) in [6.45, 7) is 0. The lowest BCUT2D eigenvalue weighted by Gasteiger charge is -2.04. The molecule has 0 unspecified atom stereocenters. The number of non-ortho nitro benzene ring substituents is 1. The predicted octanol–water partition coefficient (Wildman–Crippen LogP) is 5.00. The van der Waals surface area contributed by atoms with Crippen molar-refractivity contribution >= 4 is 51.6 Å². The first-order valence-corrected chi connectivity index (χ1v) is 7.21. The van der Waals surface area contributed by atoms with Crippen molar-refractivity contribution < 1.29 is 4.92 Å². The third-order valence-electron chi connectivity index (χ3n) is 2.17. The van der Waals surface area contributed by atoms with Gasteiger partial charge < -0.3 is 0 Å². The molecule has 0 atom stereocenters. The monoisotopic (exact) mass is 391 g/mol. The molecule has 0 aromatic heterocycles. The fourth-order valence-electron chi connectivity index (χ4n) is 1.32. The molecular formula is C12H7ClINO2S. The molecular weight excluding hydrogens is 385 g/mol. The first kappa shape index (κ1) is 13.6. The number of nitro groups is 1. The van der Waals surface area contributed by atoms with Crippen molar-refractivity contribution in [3.63, 3.8) is 0 Å². The molecule has 3 nitrogen and oxygen atoms in total. The zero-order valence-electron chi connectivity index (χ0n) is 8.97. The van der Waals surface area contributed by atoms with Gasteiger partial charge in [0.25, 0.3) is 5.69 Å². The molecule has 0 bridgehead atoms. The highest BCUT2D eigenvalue weighted by atomic mass is 127. The van der Waals surface area contributed by atoms with Gasteiger partial charge in [0.1, 0.15) is 0 Å². The van der Waals surface area contributed by atoms with E-state index in [4.69, 9.17) is 11.6 Å². The molecule has 0 amide bonds. The van der Waals surface area contributed by atoms with Crippen LogP contribution in [0.1, 0.15) is 0 Å². The van der Waals surface area contributed by atoms with Crippen LogP contribution in [-0.4, -0.2) is 4.92 Å². The smallest absolute Gasteiger partial charge is 0.258 e. The molecule has 92 valence electrons. The van der Waals surface area contributed by atoms with Gasteiger partial charge in [-0.2, -0.15) is 0 Å². The standard InChI is InChI=1S/C12H7ClINO2S/c13-8-1-6-12(11(14)7-8)18-10-4-2-9(3-5-10)15(16)17/h1-7H. The van der Waals surface area contributed by atoms with Crippen LogP contribution in [0.2, 0.25) is 5.02 Å². The van der Waals surface area contributed by atoms with Gasteiger partial charge in [-0.25, -0.2) is 0 Å². The average molecular weight is 392 g/mol. The molecule has 18 heavy (non-hydrogen) atoms. The molecule has 0 radical (unpaired) electrons. The van der Waals surface area contributed by atoms with Crippen LogP contribution in [0.4, 0.5) is 5.69 Å². The van der Waals surface area contributed by atoms with Crippen molar-refractivity contribution in [2.45, 2.75) is 9.79 Å². The largest absolute Gasteiger partial charge is 0.269 e. The minimum atomic E-state index is -0.402. The van der Waals surface area contributed by atoms with Crippen LogP contribution in [0.3, 0.4) is 0 Å². The lowest BCUT2D eigenvalue weighted by Crippen LogP contribution is -1.86. The number of halogens is 2. The Morgan fingerprint density at radius 2 is 1.83 bits per heavy atom. The van der Waals surface area contributed by atoms with E-state index in [1.165, 1.54) is 12.1 Å². The van der Waals surface area contributed by atoms with Crippen LogP contribution in [-0.2, 0) is 0 Å². The maximum Gasteiger partial charge on any atom is 0.269 e.